The molecule has 0 heterocycles. The lowest BCUT2D eigenvalue weighted by molar-refractivity contribution is -0.451. The predicted octanol–water partition coefficient (Wildman–Crippen LogP) is 7.39. The third-order valence-corrected chi connectivity index (χ3v) is 5.92. The lowest BCUT2D eigenvalue weighted by Crippen LogP contribution is -2.73. The Balaban J connectivity index is 2.02. The highest BCUT2D eigenvalue weighted by Gasteiger charge is 2.93. The van der Waals surface area contributed by atoms with Gasteiger partial charge in [0.05, 0.1) is 17.7 Å². The summed E-state index contributed by atoms with van der Waals surface area (Å²) in [5.41, 5.74) is -4.29. The SMILES string of the molecule is O=C1c2ccccc2C(=O)c2c(NCC(F)(F)C(F)(F)C(F)(F)C(F)(F)C(F)(F)C(F)(F)C(F)(F)F)ccc(F)c21. The van der Waals surface area contributed by atoms with Crippen LogP contribution < -0.4 is 5.32 Å². The highest BCUT2D eigenvalue weighted by molar-refractivity contribution is 6.30. The molecule has 0 atom stereocenters. The average molecular weight is 623 g/mol. The molecule has 0 amide bonds. The molecule has 0 saturated carbocycles. The molecule has 1 N–H and O–H groups in total. The molecule has 2 aromatic rings. The van der Waals surface area contributed by atoms with Gasteiger partial charge >= 0.3 is 41.7 Å². The Labute approximate surface area is 216 Å². The molecule has 0 fully saturated rings. The molecular weight excluding hydrogens is 614 g/mol. The van der Waals surface area contributed by atoms with E-state index in [0.717, 1.165) is 12.1 Å². The summed E-state index contributed by atoms with van der Waals surface area (Å²) in [5, 5.41) is 1.18. The molecule has 1 aliphatic rings. The van der Waals surface area contributed by atoms with E-state index in [0.29, 0.717) is 12.1 Å². The van der Waals surface area contributed by atoms with Crippen LogP contribution in [0.2, 0.25) is 0 Å². The van der Waals surface area contributed by atoms with Gasteiger partial charge < -0.3 is 5.32 Å². The summed E-state index contributed by atoms with van der Waals surface area (Å²) in [6.45, 7) is -3.01. The number of carbonyl (C=O) groups excluding carboxylic acids is 2. The average Bonchev–Trinajstić information content (AvgIpc) is 2.85. The molecule has 1 aliphatic carbocycles. The Hall–Kier alpha value is -3.54. The second-order valence-electron chi connectivity index (χ2n) is 8.48. The number of hydrogen-bond donors (Lipinski definition) is 1. The van der Waals surface area contributed by atoms with Crippen molar-refractivity contribution in [3.05, 3.63) is 64.5 Å². The van der Waals surface area contributed by atoms with E-state index in [1.165, 1.54) is 17.4 Å². The van der Waals surface area contributed by atoms with E-state index in [9.17, 15) is 79.8 Å². The molecule has 226 valence electrons. The second-order valence-corrected chi connectivity index (χ2v) is 8.48. The predicted molar refractivity (Wildman–Crippen MR) is 104 cm³/mol. The van der Waals surface area contributed by atoms with E-state index < -0.39 is 93.6 Å². The van der Waals surface area contributed by atoms with Crippen LogP contribution >= 0.6 is 0 Å². The standard InChI is InChI=1S/C22H9F16NO2/c23-10-5-6-11(13-12(10)14(40)8-3-1-2-4-9(8)15(13)41)39-7-16(24,25)17(26,27)18(28,29)19(30,31)20(32,33)21(34,35)22(36,37)38/h1-6,39H,7H2. The van der Waals surface area contributed by atoms with E-state index in [4.69, 9.17) is 0 Å². The number of carbonyl (C=O) groups is 2. The highest BCUT2D eigenvalue weighted by atomic mass is 19.4. The van der Waals surface area contributed by atoms with Crippen molar-refractivity contribution in [1.29, 1.82) is 0 Å². The second kappa shape index (κ2) is 9.23. The summed E-state index contributed by atoms with van der Waals surface area (Å²) in [6, 6.07) is 5.06. The molecule has 41 heavy (non-hydrogen) atoms. The maximum Gasteiger partial charge on any atom is 0.460 e. The van der Waals surface area contributed by atoms with Gasteiger partial charge in [0.2, 0.25) is 0 Å². The molecule has 0 saturated heterocycles. The quantitative estimate of drug-likeness (QED) is 0.267. The lowest BCUT2D eigenvalue weighted by Gasteiger charge is -2.41. The zero-order chi connectivity index (χ0) is 31.8. The summed E-state index contributed by atoms with van der Waals surface area (Å²) in [6.07, 6.45) is -7.72. The number of nitrogens with one attached hydrogen (secondary N) is 1. The first-order chi connectivity index (χ1) is 18.3. The lowest BCUT2D eigenvalue weighted by atomic mass is 9.83. The minimum absolute atomic E-state index is 0.305. The molecule has 0 bridgehead atoms. The maximum atomic E-state index is 14.3. The smallest absolute Gasteiger partial charge is 0.378 e. The van der Waals surface area contributed by atoms with E-state index in [-0.39, 0.29) is 0 Å². The van der Waals surface area contributed by atoms with E-state index >= 15 is 0 Å². The van der Waals surface area contributed by atoms with Crippen LogP contribution in [0.25, 0.3) is 0 Å². The van der Waals surface area contributed by atoms with Gasteiger partial charge in [-0.2, -0.15) is 65.9 Å². The molecule has 0 radical (unpaired) electrons. The first-order valence-corrected chi connectivity index (χ1v) is 10.4. The first kappa shape index (κ1) is 32.0. The summed E-state index contributed by atoms with van der Waals surface area (Å²) < 4.78 is 215. The van der Waals surface area contributed by atoms with Crippen molar-refractivity contribution in [3.8, 4) is 0 Å². The minimum atomic E-state index is -8.45. The van der Waals surface area contributed by atoms with Gasteiger partial charge in [-0.05, 0) is 12.1 Å². The van der Waals surface area contributed by atoms with Crippen molar-refractivity contribution in [2.24, 2.45) is 0 Å². The zero-order valence-corrected chi connectivity index (χ0v) is 19.0. The van der Waals surface area contributed by atoms with Crippen molar-refractivity contribution in [1.82, 2.24) is 0 Å². The summed E-state index contributed by atoms with van der Waals surface area (Å²) in [5.74, 6) is -51.7. The van der Waals surface area contributed by atoms with Gasteiger partial charge in [-0.15, -0.1) is 0 Å². The van der Waals surface area contributed by atoms with Gasteiger partial charge in [-0.3, -0.25) is 9.59 Å². The molecular formula is C22H9F16NO2. The number of anilines is 1. The first-order valence-electron chi connectivity index (χ1n) is 10.4. The van der Waals surface area contributed by atoms with E-state index in [1.54, 1.807) is 0 Å². The van der Waals surface area contributed by atoms with Gasteiger partial charge in [-0.25, -0.2) is 4.39 Å². The van der Waals surface area contributed by atoms with Gasteiger partial charge in [0.25, 0.3) is 0 Å². The summed E-state index contributed by atoms with van der Waals surface area (Å²) in [4.78, 5) is 25.4. The van der Waals surface area contributed by atoms with Crippen molar-refractivity contribution >= 4 is 17.3 Å². The molecule has 0 spiro atoms. The number of fused-ring (bicyclic) bond motifs is 2. The molecule has 2 aromatic carbocycles. The Bertz CT molecular complexity index is 1400. The summed E-state index contributed by atoms with van der Waals surface area (Å²) >= 11 is 0. The third-order valence-electron chi connectivity index (χ3n) is 5.92. The third kappa shape index (κ3) is 4.29. The number of ketones is 2. The topological polar surface area (TPSA) is 46.2 Å². The molecule has 0 aromatic heterocycles. The van der Waals surface area contributed by atoms with Crippen molar-refractivity contribution in [2.45, 2.75) is 41.7 Å². The zero-order valence-electron chi connectivity index (χ0n) is 19.0. The van der Waals surface area contributed by atoms with E-state index in [2.05, 4.69) is 0 Å². The number of halogens is 16. The maximum absolute atomic E-state index is 14.3. The number of benzene rings is 2. The number of rotatable bonds is 8. The van der Waals surface area contributed by atoms with Gasteiger partial charge in [-0.1, -0.05) is 24.3 Å². The van der Waals surface area contributed by atoms with Crippen LogP contribution in [0.5, 0.6) is 0 Å². The largest absolute Gasteiger partial charge is 0.460 e. The van der Waals surface area contributed by atoms with Crippen molar-refractivity contribution < 1.29 is 79.8 Å². The van der Waals surface area contributed by atoms with Crippen molar-refractivity contribution in [3.63, 3.8) is 0 Å². The van der Waals surface area contributed by atoms with Crippen molar-refractivity contribution in [2.75, 3.05) is 11.9 Å². The van der Waals surface area contributed by atoms with Crippen LogP contribution in [0.1, 0.15) is 31.8 Å². The summed E-state index contributed by atoms with van der Waals surface area (Å²) in [7, 11) is 0. The molecule has 3 nitrogen and oxygen atoms in total. The fourth-order valence-corrected chi connectivity index (χ4v) is 3.65. The van der Waals surface area contributed by atoms with E-state index in [1.807, 2.05) is 0 Å². The fourth-order valence-electron chi connectivity index (χ4n) is 3.65. The van der Waals surface area contributed by atoms with Crippen LogP contribution in [0.4, 0.5) is 75.9 Å². The van der Waals surface area contributed by atoms with Crippen LogP contribution in [0, 0.1) is 5.82 Å². The van der Waals surface area contributed by atoms with Crippen LogP contribution in [0.15, 0.2) is 36.4 Å². The van der Waals surface area contributed by atoms with Gasteiger partial charge in [0.15, 0.2) is 11.6 Å². The Morgan fingerprint density at radius 2 is 0.951 bits per heavy atom. The Morgan fingerprint density at radius 3 is 1.41 bits per heavy atom. The van der Waals surface area contributed by atoms with Crippen LogP contribution in [-0.4, -0.2) is 59.8 Å². The Kier molecular flexibility index (Phi) is 7.20. The van der Waals surface area contributed by atoms with Gasteiger partial charge in [0.1, 0.15) is 5.82 Å². The highest BCUT2D eigenvalue weighted by Crippen LogP contribution is 2.62. The Morgan fingerprint density at radius 1 is 0.537 bits per heavy atom. The molecule has 0 unspecified atom stereocenters. The van der Waals surface area contributed by atoms with Gasteiger partial charge in [0, 0.05) is 16.8 Å². The number of hydrogen-bond acceptors (Lipinski definition) is 3. The molecule has 3 rings (SSSR count). The van der Waals surface area contributed by atoms with Crippen LogP contribution in [0.3, 0.4) is 0 Å². The number of alkyl halides is 15. The fraction of sp³-hybridized carbons (Fsp3) is 0.364. The van der Waals surface area contributed by atoms with Crippen LogP contribution in [-0.2, 0) is 0 Å². The normalized spacial score (nSPS) is 15.5. The molecule has 19 heteroatoms. The monoisotopic (exact) mass is 623 g/mol. The molecule has 0 aliphatic heterocycles. The minimum Gasteiger partial charge on any atom is -0.378 e.